The highest BCUT2D eigenvalue weighted by atomic mass is 35.5. The van der Waals surface area contributed by atoms with Gasteiger partial charge in [-0.1, -0.05) is 43.7 Å². The molecule has 0 radical (unpaired) electrons. The van der Waals surface area contributed by atoms with Crippen molar-refractivity contribution in [2.75, 3.05) is 0 Å². The lowest BCUT2D eigenvalue weighted by atomic mass is 9.88. The molecule has 0 aliphatic heterocycles. The van der Waals surface area contributed by atoms with E-state index in [1.54, 1.807) is 0 Å². The number of halogens is 2. The van der Waals surface area contributed by atoms with E-state index >= 15 is 0 Å². The second-order valence-corrected chi connectivity index (χ2v) is 6.79. The first-order chi connectivity index (χ1) is 11.3. The van der Waals surface area contributed by atoms with Gasteiger partial charge in [-0.15, -0.1) is 24.8 Å². The molecular formula is C20H29Cl2N3O. The van der Waals surface area contributed by atoms with Crippen molar-refractivity contribution in [1.82, 2.24) is 4.98 Å². The van der Waals surface area contributed by atoms with Crippen LogP contribution in [0.1, 0.15) is 41.9 Å². The highest BCUT2D eigenvalue weighted by molar-refractivity contribution is 5.85. The zero-order chi connectivity index (χ0) is 17.9. The number of hydrogen-bond donors (Lipinski definition) is 2. The quantitative estimate of drug-likeness (QED) is 0.775. The van der Waals surface area contributed by atoms with Gasteiger partial charge in [0.05, 0.1) is 6.42 Å². The summed E-state index contributed by atoms with van der Waals surface area (Å²) in [5, 5.41) is 0. The molecule has 144 valence electrons. The van der Waals surface area contributed by atoms with Crippen molar-refractivity contribution in [3.05, 3.63) is 52.3 Å². The Bertz CT molecular complexity index is 744. The monoisotopic (exact) mass is 397 g/mol. The minimum atomic E-state index is -0.354. The normalized spacial score (nSPS) is 10.2. The minimum absolute atomic E-state index is 0. The van der Waals surface area contributed by atoms with Crippen molar-refractivity contribution >= 4 is 30.7 Å². The van der Waals surface area contributed by atoms with E-state index in [-0.39, 0.29) is 37.1 Å². The Morgan fingerprint density at radius 1 is 1.08 bits per heavy atom. The topological polar surface area (TPSA) is 82.0 Å². The smallest absolute Gasteiger partial charge is 0.221 e. The lowest BCUT2D eigenvalue weighted by molar-refractivity contribution is -0.117. The van der Waals surface area contributed by atoms with Gasteiger partial charge in [0.25, 0.3) is 0 Å². The minimum Gasteiger partial charge on any atom is -0.369 e. The van der Waals surface area contributed by atoms with Crippen LogP contribution in [0.25, 0.3) is 11.1 Å². The third-order valence-electron chi connectivity index (χ3n) is 4.19. The average Bonchev–Trinajstić information content (AvgIpc) is 2.49. The lowest BCUT2D eigenvalue weighted by Gasteiger charge is -2.20. The van der Waals surface area contributed by atoms with Crippen molar-refractivity contribution in [1.29, 1.82) is 0 Å². The molecule has 0 fully saturated rings. The van der Waals surface area contributed by atoms with E-state index in [4.69, 9.17) is 16.5 Å². The highest BCUT2D eigenvalue weighted by Gasteiger charge is 2.20. The van der Waals surface area contributed by atoms with E-state index in [2.05, 4.69) is 45.0 Å². The molecule has 0 saturated heterocycles. The predicted molar refractivity (Wildman–Crippen MR) is 113 cm³/mol. The molecule has 4 nitrogen and oxygen atoms in total. The number of carbonyl (C=O) groups excluding carboxylic acids is 1. The molecule has 1 aromatic heterocycles. The molecule has 0 unspecified atom stereocenters. The Kier molecular flexibility index (Phi) is 9.85. The maximum atomic E-state index is 11.6. The molecule has 2 rings (SSSR count). The van der Waals surface area contributed by atoms with Crippen molar-refractivity contribution in [2.45, 2.75) is 47.1 Å². The number of pyridine rings is 1. The average molecular weight is 398 g/mol. The number of nitrogens with zero attached hydrogens (tertiary/aromatic N) is 1. The van der Waals surface area contributed by atoms with E-state index in [1.807, 2.05) is 6.92 Å². The summed E-state index contributed by atoms with van der Waals surface area (Å²) in [5.74, 6) is 0.128. The Labute approximate surface area is 168 Å². The molecule has 6 heteroatoms. The van der Waals surface area contributed by atoms with Crippen LogP contribution in [0.5, 0.6) is 0 Å². The molecule has 0 bridgehead atoms. The number of hydrogen-bond acceptors (Lipinski definition) is 3. The van der Waals surface area contributed by atoms with Gasteiger partial charge in [-0.25, -0.2) is 0 Å². The van der Waals surface area contributed by atoms with Crippen molar-refractivity contribution in [2.24, 2.45) is 17.4 Å². The fourth-order valence-electron chi connectivity index (χ4n) is 3.08. The fourth-order valence-corrected chi connectivity index (χ4v) is 3.08. The maximum Gasteiger partial charge on any atom is 0.221 e. The molecule has 0 saturated carbocycles. The summed E-state index contributed by atoms with van der Waals surface area (Å²) in [6, 6.07) is 8.29. The standard InChI is InChI=1S/C20H27N3O.2ClH/c1-12(2)9-18-17(11-21)20(15-7-5-13(3)6-8-15)16(10-19(22)24)14(4)23-18;;/h5-8,12H,9-11,21H2,1-4H3,(H2,22,24);2*1H. The van der Waals surface area contributed by atoms with Gasteiger partial charge in [0, 0.05) is 17.9 Å². The highest BCUT2D eigenvalue weighted by Crippen LogP contribution is 2.32. The first-order valence-corrected chi connectivity index (χ1v) is 8.40. The summed E-state index contributed by atoms with van der Waals surface area (Å²) in [6.07, 6.45) is 1.04. The maximum absolute atomic E-state index is 11.6. The van der Waals surface area contributed by atoms with Crippen LogP contribution in [0, 0.1) is 19.8 Å². The molecule has 0 atom stereocenters. The van der Waals surface area contributed by atoms with E-state index in [9.17, 15) is 4.79 Å². The zero-order valence-corrected chi connectivity index (χ0v) is 17.5. The number of nitrogens with two attached hydrogens (primary N) is 2. The number of aromatic nitrogens is 1. The predicted octanol–water partition coefficient (Wildman–Crippen LogP) is 3.89. The number of aryl methyl sites for hydroxylation is 2. The number of amides is 1. The van der Waals surface area contributed by atoms with Gasteiger partial charge < -0.3 is 11.5 Å². The largest absolute Gasteiger partial charge is 0.369 e. The van der Waals surface area contributed by atoms with Gasteiger partial charge in [0.2, 0.25) is 5.91 Å². The van der Waals surface area contributed by atoms with Crippen LogP contribution in [-0.4, -0.2) is 10.9 Å². The molecule has 4 N–H and O–H groups in total. The van der Waals surface area contributed by atoms with Crippen LogP contribution in [0.4, 0.5) is 0 Å². The molecule has 1 aromatic carbocycles. The third kappa shape index (κ3) is 5.70. The molecule has 0 spiro atoms. The van der Waals surface area contributed by atoms with E-state index in [1.165, 1.54) is 5.56 Å². The van der Waals surface area contributed by atoms with E-state index in [0.29, 0.717) is 12.5 Å². The number of benzene rings is 1. The summed E-state index contributed by atoms with van der Waals surface area (Å²) < 4.78 is 0. The summed E-state index contributed by atoms with van der Waals surface area (Å²) in [7, 11) is 0. The summed E-state index contributed by atoms with van der Waals surface area (Å²) in [5.41, 5.74) is 18.6. The van der Waals surface area contributed by atoms with Crippen LogP contribution in [0.2, 0.25) is 0 Å². The molecule has 0 aliphatic rings. The Morgan fingerprint density at radius 2 is 1.65 bits per heavy atom. The zero-order valence-electron chi connectivity index (χ0n) is 15.8. The second-order valence-electron chi connectivity index (χ2n) is 6.79. The van der Waals surface area contributed by atoms with Gasteiger partial charge >= 0.3 is 0 Å². The SMILES string of the molecule is Cc1ccc(-c2c(CC(N)=O)c(C)nc(CC(C)C)c2CN)cc1.Cl.Cl. The van der Waals surface area contributed by atoms with Gasteiger partial charge in [-0.05, 0) is 48.4 Å². The molecular weight excluding hydrogens is 369 g/mol. The first kappa shape index (κ1) is 24.4. The summed E-state index contributed by atoms with van der Waals surface area (Å²) >= 11 is 0. The van der Waals surface area contributed by atoms with Crippen LogP contribution < -0.4 is 11.5 Å². The van der Waals surface area contributed by atoms with Crippen molar-refractivity contribution in [3.63, 3.8) is 0 Å². The van der Waals surface area contributed by atoms with Crippen molar-refractivity contribution < 1.29 is 4.79 Å². The number of carbonyl (C=O) groups is 1. The van der Waals surface area contributed by atoms with Crippen LogP contribution in [0.3, 0.4) is 0 Å². The number of primary amides is 1. The lowest BCUT2D eigenvalue weighted by Crippen LogP contribution is -2.19. The molecule has 26 heavy (non-hydrogen) atoms. The molecule has 1 heterocycles. The van der Waals surface area contributed by atoms with E-state index < -0.39 is 0 Å². The van der Waals surface area contributed by atoms with Crippen molar-refractivity contribution in [3.8, 4) is 11.1 Å². The molecule has 1 amide bonds. The summed E-state index contributed by atoms with van der Waals surface area (Å²) in [6.45, 7) is 8.73. The van der Waals surface area contributed by atoms with E-state index in [0.717, 1.165) is 40.1 Å². The van der Waals surface area contributed by atoms with Crippen LogP contribution in [-0.2, 0) is 24.2 Å². The van der Waals surface area contributed by atoms with Crippen LogP contribution >= 0.6 is 24.8 Å². The second kappa shape index (κ2) is 10.5. The first-order valence-electron chi connectivity index (χ1n) is 8.40. The molecule has 0 aliphatic carbocycles. The fraction of sp³-hybridized carbons (Fsp3) is 0.400. The van der Waals surface area contributed by atoms with Crippen LogP contribution in [0.15, 0.2) is 24.3 Å². The van der Waals surface area contributed by atoms with Gasteiger partial charge in [0.1, 0.15) is 0 Å². The Balaban J connectivity index is 0.00000312. The van der Waals surface area contributed by atoms with Gasteiger partial charge in [0.15, 0.2) is 0 Å². The van der Waals surface area contributed by atoms with Gasteiger partial charge in [-0.3, -0.25) is 9.78 Å². The summed E-state index contributed by atoms with van der Waals surface area (Å²) in [4.78, 5) is 16.3. The number of rotatable bonds is 6. The van der Waals surface area contributed by atoms with Gasteiger partial charge in [-0.2, -0.15) is 0 Å². The molecule has 2 aromatic rings. The third-order valence-corrected chi connectivity index (χ3v) is 4.19. The Hall–Kier alpha value is -1.62. The Morgan fingerprint density at radius 3 is 2.12 bits per heavy atom.